The number of rotatable bonds is 12. The lowest BCUT2D eigenvalue weighted by atomic mass is 10.0. The first kappa shape index (κ1) is 27.0. The van der Waals surface area contributed by atoms with Crippen LogP contribution in [0.15, 0.2) is 36.4 Å². The Labute approximate surface area is 202 Å². The molecule has 1 aliphatic heterocycles. The van der Waals surface area contributed by atoms with Gasteiger partial charge in [0.05, 0.1) is 20.3 Å². The van der Waals surface area contributed by atoms with Gasteiger partial charge < -0.3 is 54.7 Å². The molecule has 0 bridgehead atoms. The highest BCUT2D eigenvalue weighted by Gasteiger charge is 2.44. The number of aliphatic hydroxyl groups excluding tert-OH is 5. The highest BCUT2D eigenvalue weighted by molar-refractivity contribution is 5.44. The molecule has 1 saturated heterocycles. The van der Waals surface area contributed by atoms with Crippen molar-refractivity contribution < 1.29 is 54.7 Å². The normalized spacial score (nSPS) is 23.7. The van der Waals surface area contributed by atoms with Crippen LogP contribution in [0.1, 0.15) is 23.7 Å². The van der Waals surface area contributed by atoms with Crippen LogP contribution in [0, 0.1) is 0 Å². The third kappa shape index (κ3) is 6.53. The average molecular weight is 497 g/mol. The van der Waals surface area contributed by atoms with Gasteiger partial charge in [-0.1, -0.05) is 12.1 Å². The van der Waals surface area contributed by atoms with Crippen molar-refractivity contribution in [3.05, 3.63) is 47.5 Å². The number of hydrogen-bond donors (Lipinski definition) is 7. The maximum absolute atomic E-state index is 11.1. The lowest BCUT2D eigenvalue weighted by Gasteiger charge is -2.27. The Bertz CT molecular complexity index is 953. The van der Waals surface area contributed by atoms with E-state index in [1.165, 1.54) is 37.4 Å². The van der Waals surface area contributed by atoms with Crippen molar-refractivity contribution >= 4 is 0 Å². The number of phenols is 2. The number of benzene rings is 2. The summed E-state index contributed by atoms with van der Waals surface area (Å²) in [5.74, 6) is -0.144. The van der Waals surface area contributed by atoms with Gasteiger partial charge in [-0.25, -0.2) is 0 Å². The largest absolute Gasteiger partial charge is 0.504 e. The van der Waals surface area contributed by atoms with Crippen LogP contribution in [-0.2, 0) is 15.9 Å². The SMILES string of the molecule is COc1cc(C(O)C(COC2C(O)OC(CO)C2O)Oc2ccc(CCCO)cc2O)ccc1O. The average Bonchev–Trinajstić information content (AvgIpc) is 3.13. The number of ether oxygens (including phenoxy) is 4. The van der Waals surface area contributed by atoms with Gasteiger partial charge in [-0.3, -0.25) is 0 Å². The first-order valence-corrected chi connectivity index (χ1v) is 11.2. The number of aromatic hydroxyl groups is 2. The minimum atomic E-state index is -1.51. The fourth-order valence-corrected chi connectivity index (χ4v) is 3.80. The van der Waals surface area contributed by atoms with E-state index in [0.29, 0.717) is 18.4 Å². The molecule has 0 aliphatic carbocycles. The Morgan fingerprint density at radius 1 is 1.00 bits per heavy atom. The molecule has 35 heavy (non-hydrogen) atoms. The second-order valence-corrected chi connectivity index (χ2v) is 8.20. The number of hydrogen-bond acceptors (Lipinski definition) is 11. The first-order chi connectivity index (χ1) is 16.8. The Hall–Kier alpha value is -2.64. The third-order valence-corrected chi connectivity index (χ3v) is 5.77. The fourth-order valence-electron chi connectivity index (χ4n) is 3.80. The van der Waals surface area contributed by atoms with Gasteiger partial charge in [0.2, 0.25) is 0 Å². The zero-order chi connectivity index (χ0) is 25.5. The molecule has 194 valence electrons. The number of aryl methyl sites for hydroxylation is 1. The first-order valence-electron chi connectivity index (χ1n) is 11.2. The van der Waals surface area contributed by atoms with E-state index < -0.39 is 43.4 Å². The van der Waals surface area contributed by atoms with Gasteiger partial charge in [0, 0.05) is 6.61 Å². The zero-order valence-electron chi connectivity index (χ0n) is 19.2. The molecule has 0 amide bonds. The molecule has 3 rings (SSSR count). The summed E-state index contributed by atoms with van der Waals surface area (Å²) in [6.07, 6.45) is -6.48. The minimum Gasteiger partial charge on any atom is -0.504 e. The minimum absolute atomic E-state index is 0.0143. The predicted molar refractivity (Wildman–Crippen MR) is 121 cm³/mol. The van der Waals surface area contributed by atoms with Gasteiger partial charge in [0.25, 0.3) is 0 Å². The molecule has 0 saturated carbocycles. The van der Waals surface area contributed by atoms with Crippen LogP contribution in [0.5, 0.6) is 23.0 Å². The standard InChI is InChI=1S/C24H32O11/c1-32-18-10-14(5-6-15(18)27)21(29)20(12-33-23-22(30)19(11-26)35-24(23)31)34-17-7-4-13(3-2-8-25)9-16(17)28/h4-7,9-10,19-31H,2-3,8,11-12H2,1H3. The maximum Gasteiger partial charge on any atom is 0.184 e. The summed E-state index contributed by atoms with van der Waals surface area (Å²) in [5, 5.41) is 69.9. The molecule has 7 N–H and O–H groups in total. The molecule has 6 unspecified atom stereocenters. The van der Waals surface area contributed by atoms with Crippen LogP contribution in [0.3, 0.4) is 0 Å². The number of phenolic OH excluding ortho intramolecular Hbond substituents is 2. The van der Waals surface area contributed by atoms with Gasteiger partial charge >= 0.3 is 0 Å². The smallest absolute Gasteiger partial charge is 0.184 e. The Kier molecular flexibility index (Phi) is 9.52. The second kappa shape index (κ2) is 12.4. The molecule has 11 heteroatoms. The molecule has 2 aromatic rings. The van der Waals surface area contributed by atoms with Crippen molar-refractivity contribution in [1.82, 2.24) is 0 Å². The van der Waals surface area contributed by atoms with E-state index in [-0.39, 0.29) is 36.2 Å². The van der Waals surface area contributed by atoms with Crippen molar-refractivity contribution in [2.24, 2.45) is 0 Å². The topological polar surface area (TPSA) is 179 Å². The summed E-state index contributed by atoms with van der Waals surface area (Å²) in [6.45, 7) is -0.860. The molecule has 1 heterocycles. The molecule has 6 atom stereocenters. The van der Waals surface area contributed by atoms with E-state index in [1.807, 2.05) is 0 Å². The van der Waals surface area contributed by atoms with Gasteiger partial charge in [-0.15, -0.1) is 0 Å². The Morgan fingerprint density at radius 3 is 2.40 bits per heavy atom. The fraction of sp³-hybridized carbons (Fsp3) is 0.500. The predicted octanol–water partition coefficient (Wildman–Crippen LogP) is -0.0321. The molecule has 2 aromatic carbocycles. The molecular formula is C24H32O11. The third-order valence-electron chi connectivity index (χ3n) is 5.77. The summed E-state index contributed by atoms with van der Waals surface area (Å²) in [4.78, 5) is 0. The van der Waals surface area contributed by atoms with E-state index in [0.717, 1.165) is 5.56 Å². The van der Waals surface area contributed by atoms with Crippen molar-refractivity contribution in [1.29, 1.82) is 0 Å². The van der Waals surface area contributed by atoms with Gasteiger partial charge in [-0.2, -0.15) is 0 Å². The number of methoxy groups -OCH3 is 1. The van der Waals surface area contributed by atoms with Crippen molar-refractivity contribution in [3.63, 3.8) is 0 Å². The summed E-state index contributed by atoms with van der Waals surface area (Å²) in [5.41, 5.74) is 1.09. The summed E-state index contributed by atoms with van der Waals surface area (Å²) < 4.78 is 21.7. The van der Waals surface area contributed by atoms with Gasteiger partial charge in [-0.05, 0) is 48.2 Å². The van der Waals surface area contributed by atoms with Crippen LogP contribution in [0.2, 0.25) is 0 Å². The highest BCUT2D eigenvalue weighted by atomic mass is 16.7. The maximum atomic E-state index is 11.1. The van der Waals surface area contributed by atoms with Crippen LogP contribution in [0.4, 0.5) is 0 Å². The summed E-state index contributed by atoms with van der Waals surface area (Å²) >= 11 is 0. The zero-order valence-corrected chi connectivity index (χ0v) is 19.2. The molecule has 0 aromatic heterocycles. The van der Waals surface area contributed by atoms with Gasteiger partial charge in [0.15, 0.2) is 35.4 Å². The van der Waals surface area contributed by atoms with E-state index in [4.69, 9.17) is 24.1 Å². The quantitative estimate of drug-likeness (QED) is 0.210. The molecule has 0 radical (unpaired) electrons. The Morgan fingerprint density at radius 2 is 1.77 bits per heavy atom. The Balaban J connectivity index is 1.82. The summed E-state index contributed by atoms with van der Waals surface area (Å²) in [6, 6.07) is 8.93. The van der Waals surface area contributed by atoms with E-state index in [1.54, 1.807) is 6.07 Å². The van der Waals surface area contributed by atoms with Crippen LogP contribution < -0.4 is 9.47 Å². The van der Waals surface area contributed by atoms with Crippen molar-refractivity contribution in [3.8, 4) is 23.0 Å². The molecule has 0 spiro atoms. The molecule has 1 aliphatic rings. The second-order valence-electron chi connectivity index (χ2n) is 8.20. The molecule has 1 fully saturated rings. The van der Waals surface area contributed by atoms with E-state index in [9.17, 15) is 30.6 Å². The molecule has 11 nitrogen and oxygen atoms in total. The van der Waals surface area contributed by atoms with Crippen LogP contribution >= 0.6 is 0 Å². The lowest BCUT2D eigenvalue weighted by molar-refractivity contribution is -0.157. The number of aliphatic hydroxyl groups is 5. The van der Waals surface area contributed by atoms with Gasteiger partial charge in [0.1, 0.15) is 24.4 Å². The molecular weight excluding hydrogens is 464 g/mol. The van der Waals surface area contributed by atoms with Crippen molar-refractivity contribution in [2.45, 2.75) is 49.7 Å². The lowest BCUT2D eigenvalue weighted by Crippen LogP contribution is -2.40. The van der Waals surface area contributed by atoms with Crippen LogP contribution in [0.25, 0.3) is 0 Å². The van der Waals surface area contributed by atoms with Crippen LogP contribution in [-0.4, -0.2) is 93.4 Å². The van der Waals surface area contributed by atoms with Crippen molar-refractivity contribution in [2.75, 3.05) is 26.9 Å². The monoisotopic (exact) mass is 496 g/mol. The highest BCUT2D eigenvalue weighted by Crippen LogP contribution is 2.34. The van der Waals surface area contributed by atoms with E-state index >= 15 is 0 Å². The van der Waals surface area contributed by atoms with E-state index in [2.05, 4.69) is 0 Å². The summed E-state index contributed by atoms with van der Waals surface area (Å²) in [7, 11) is 1.36.